The molecule has 2 aromatic carbocycles. The maximum Gasteiger partial charge on any atom is 0.425 e. The molecule has 118 valence electrons. The van der Waals surface area contributed by atoms with Crippen LogP contribution in [0.15, 0.2) is 42.5 Å². The average molecular weight is 331 g/mol. The van der Waals surface area contributed by atoms with Crippen molar-refractivity contribution in [1.29, 1.82) is 0 Å². The lowest BCUT2D eigenvalue weighted by Crippen LogP contribution is -2.43. The Balaban J connectivity index is 2.76. The number of ether oxygens (including phenoxy) is 1. The molecular weight excluding hydrogens is 317 g/mol. The lowest BCUT2D eigenvalue weighted by molar-refractivity contribution is -0.248. The van der Waals surface area contributed by atoms with Gasteiger partial charge in [0.15, 0.2) is 0 Å². The smallest absolute Gasteiger partial charge is 0.425 e. The first-order chi connectivity index (χ1) is 10.2. The molecule has 0 bridgehead atoms. The van der Waals surface area contributed by atoms with E-state index in [0.29, 0.717) is 5.56 Å². The fraction of sp³-hybridized carbons (Fsp3) is 0.250. The van der Waals surface area contributed by atoms with Crippen LogP contribution in [0.3, 0.4) is 0 Å². The molecule has 0 aliphatic heterocycles. The van der Waals surface area contributed by atoms with Gasteiger partial charge in [-0.05, 0) is 36.8 Å². The van der Waals surface area contributed by atoms with Crippen LogP contribution in [0.25, 0.3) is 0 Å². The van der Waals surface area contributed by atoms with Crippen LogP contribution in [0.5, 0.6) is 5.75 Å². The molecule has 2 aromatic rings. The molecule has 1 unspecified atom stereocenters. The number of aliphatic hydroxyl groups is 1. The number of hydrogen-bond donors (Lipinski definition) is 1. The zero-order chi connectivity index (χ0) is 16.5. The Bertz CT molecular complexity index is 668. The van der Waals surface area contributed by atoms with E-state index in [4.69, 9.17) is 16.3 Å². The van der Waals surface area contributed by atoms with Crippen LogP contribution in [0, 0.1) is 6.92 Å². The van der Waals surface area contributed by atoms with E-state index in [2.05, 4.69) is 0 Å². The van der Waals surface area contributed by atoms with Gasteiger partial charge in [-0.15, -0.1) is 0 Å². The summed E-state index contributed by atoms with van der Waals surface area (Å²) in [6, 6.07) is 9.18. The largest absolute Gasteiger partial charge is 0.496 e. The van der Waals surface area contributed by atoms with E-state index in [0.717, 1.165) is 12.1 Å². The molecule has 0 fully saturated rings. The second kappa shape index (κ2) is 5.82. The first kappa shape index (κ1) is 16.6. The number of rotatable bonds is 3. The van der Waals surface area contributed by atoms with Gasteiger partial charge in [0.05, 0.1) is 7.11 Å². The van der Waals surface area contributed by atoms with Gasteiger partial charge in [0, 0.05) is 10.6 Å². The van der Waals surface area contributed by atoms with Crippen molar-refractivity contribution >= 4 is 11.6 Å². The van der Waals surface area contributed by atoms with E-state index in [9.17, 15) is 18.3 Å². The summed E-state index contributed by atoms with van der Waals surface area (Å²) in [6.07, 6.45) is -4.93. The van der Waals surface area contributed by atoms with E-state index in [1.165, 1.54) is 31.4 Å². The molecule has 0 aromatic heterocycles. The minimum absolute atomic E-state index is 0.0413. The highest BCUT2D eigenvalue weighted by atomic mass is 35.5. The zero-order valence-electron chi connectivity index (χ0n) is 11.9. The Morgan fingerprint density at radius 3 is 2.14 bits per heavy atom. The highest BCUT2D eigenvalue weighted by molar-refractivity contribution is 6.30. The lowest BCUT2D eigenvalue weighted by Gasteiger charge is -2.32. The molecule has 1 N–H and O–H groups in total. The highest BCUT2D eigenvalue weighted by Crippen LogP contribution is 2.47. The van der Waals surface area contributed by atoms with Gasteiger partial charge in [-0.25, -0.2) is 0 Å². The maximum absolute atomic E-state index is 13.7. The number of aryl methyl sites for hydroxylation is 1. The number of methoxy groups -OCH3 is 1. The van der Waals surface area contributed by atoms with E-state index in [-0.39, 0.29) is 21.9 Å². The summed E-state index contributed by atoms with van der Waals surface area (Å²) < 4.78 is 46.1. The van der Waals surface area contributed by atoms with Gasteiger partial charge in [0.25, 0.3) is 0 Å². The maximum atomic E-state index is 13.7. The molecule has 0 aliphatic carbocycles. The van der Waals surface area contributed by atoms with Crippen molar-refractivity contribution in [3.8, 4) is 5.75 Å². The van der Waals surface area contributed by atoms with Crippen LogP contribution >= 0.6 is 11.6 Å². The van der Waals surface area contributed by atoms with Gasteiger partial charge in [0.2, 0.25) is 5.60 Å². The van der Waals surface area contributed by atoms with Crippen molar-refractivity contribution in [1.82, 2.24) is 0 Å². The third-order valence-corrected chi connectivity index (χ3v) is 3.67. The van der Waals surface area contributed by atoms with Crippen LogP contribution in [-0.4, -0.2) is 18.4 Å². The van der Waals surface area contributed by atoms with E-state index >= 15 is 0 Å². The van der Waals surface area contributed by atoms with Gasteiger partial charge < -0.3 is 9.84 Å². The van der Waals surface area contributed by atoms with Crippen molar-refractivity contribution in [2.24, 2.45) is 0 Å². The fourth-order valence-electron chi connectivity index (χ4n) is 2.27. The topological polar surface area (TPSA) is 29.5 Å². The minimum atomic E-state index is -4.93. The number of hydrogen-bond acceptors (Lipinski definition) is 2. The van der Waals surface area contributed by atoms with Crippen molar-refractivity contribution in [3.63, 3.8) is 0 Å². The summed E-state index contributed by atoms with van der Waals surface area (Å²) in [5.41, 5.74) is -3.29. The fourth-order valence-corrected chi connectivity index (χ4v) is 2.39. The number of halogens is 4. The van der Waals surface area contributed by atoms with Crippen molar-refractivity contribution in [3.05, 3.63) is 64.2 Å². The van der Waals surface area contributed by atoms with Crippen LogP contribution in [-0.2, 0) is 5.60 Å². The summed E-state index contributed by atoms with van der Waals surface area (Å²) in [5, 5.41) is 10.9. The van der Waals surface area contributed by atoms with Gasteiger partial charge in [-0.2, -0.15) is 13.2 Å². The minimum Gasteiger partial charge on any atom is -0.496 e. The highest BCUT2D eigenvalue weighted by Gasteiger charge is 2.57. The standard InChI is InChI=1S/C16H14ClF3O2/c1-10-3-8-14(22-2)13(9-10)15(21,16(18,19)20)11-4-6-12(17)7-5-11/h3-9,21H,1-2H3. The van der Waals surface area contributed by atoms with Gasteiger partial charge in [0.1, 0.15) is 5.75 Å². The number of alkyl halides is 3. The first-order valence-corrected chi connectivity index (χ1v) is 6.78. The monoisotopic (exact) mass is 330 g/mol. The Labute approximate surface area is 131 Å². The van der Waals surface area contributed by atoms with E-state index in [1.54, 1.807) is 13.0 Å². The Kier molecular flexibility index (Phi) is 4.40. The van der Waals surface area contributed by atoms with Gasteiger partial charge >= 0.3 is 6.18 Å². The first-order valence-electron chi connectivity index (χ1n) is 6.40. The van der Waals surface area contributed by atoms with E-state index < -0.39 is 11.8 Å². The molecule has 0 spiro atoms. The Morgan fingerprint density at radius 2 is 1.64 bits per heavy atom. The predicted octanol–water partition coefficient (Wildman–Crippen LogP) is 4.46. The molecule has 1 atom stereocenters. The van der Waals surface area contributed by atoms with Crippen LogP contribution in [0.4, 0.5) is 13.2 Å². The summed E-state index contributed by atoms with van der Waals surface area (Å²) in [4.78, 5) is 0. The quantitative estimate of drug-likeness (QED) is 0.900. The molecule has 6 heteroatoms. The van der Waals surface area contributed by atoms with Crippen LogP contribution < -0.4 is 4.74 Å². The SMILES string of the molecule is COc1ccc(C)cc1C(O)(c1ccc(Cl)cc1)C(F)(F)F. The molecule has 0 heterocycles. The molecule has 0 amide bonds. The normalized spacial score (nSPS) is 14.5. The van der Waals surface area contributed by atoms with Gasteiger partial charge in [-0.1, -0.05) is 35.4 Å². The van der Waals surface area contributed by atoms with Crippen LogP contribution in [0.2, 0.25) is 5.02 Å². The third kappa shape index (κ3) is 2.78. The summed E-state index contributed by atoms with van der Waals surface area (Å²) >= 11 is 5.72. The molecule has 2 nitrogen and oxygen atoms in total. The predicted molar refractivity (Wildman–Crippen MR) is 78.2 cm³/mol. The van der Waals surface area contributed by atoms with Gasteiger partial charge in [-0.3, -0.25) is 0 Å². The van der Waals surface area contributed by atoms with Crippen LogP contribution in [0.1, 0.15) is 16.7 Å². The summed E-state index contributed by atoms with van der Waals surface area (Å²) in [6.45, 7) is 1.64. The third-order valence-electron chi connectivity index (χ3n) is 3.42. The summed E-state index contributed by atoms with van der Waals surface area (Å²) in [7, 11) is 1.26. The second-order valence-electron chi connectivity index (χ2n) is 4.92. The Hall–Kier alpha value is -1.72. The number of benzene rings is 2. The molecule has 2 rings (SSSR count). The molecule has 0 saturated carbocycles. The van der Waals surface area contributed by atoms with E-state index in [1.807, 2.05) is 0 Å². The molecule has 0 radical (unpaired) electrons. The average Bonchev–Trinajstić information content (AvgIpc) is 2.46. The van der Waals surface area contributed by atoms with Crippen molar-refractivity contribution < 1.29 is 23.0 Å². The second-order valence-corrected chi connectivity index (χ2v) is 5.36. The Morgan fingerprint density at radius 1 is 1.05 bits per heavy atom. The molecule has 22 heavy (non-hydrogen) atoms. The molecular formula is C16H14ClF3O2. The molecule has 0 saturated heterocycles. The lowest BCUT2D eigenvalue weighted by atomic mass is 9.84. The molecule has 0 aliphatic rings. The van der Waals surface area contributed by atoms with Crippen molar-refractivity contribution in [2.45, 2.75) is 18.7 Å². The van der Waals surface area contributed by atoms with Crippen molar-refractivity contribution in [2.75, 3.05) is 7.11 Å². The zero-order valence-corrected chi connectivity index (χ0v) is 12.7. The summed E-state index contributed by atoms with van der Waals surface area (Å²) in [5.74, 6) is -0.0413.